The summed E-state index contributed by atoms with van der Waals surface area (Å²) in [5.41, 5.74) is 2.04. The molecule has 5 heteroatoms. The number of aryl methyl sites for hydroxylation is 1. The van der Waals surface area contributed by atoms with Crippen LogP contribution in [0, 0.1) is 12.3 Å². The second-order valence-electron chi connectivity index (χ2n) is 5.60. The lowest BCUT2D eigenvalue weighted by Crippen LogP contribution is -2.21. The number of hydrogen-bond acceptors (Lipinski definition) is 3. The number of benzene rings is 1. The van der Waals surface area contributed by atoms with E-state index in [1.54, 1.807) is 12.1 Å². The van der Waals surface area contributed by atoms with Crippen LogP contribution in [0.3, 0.4) is 0 Å². The fraction of sp³-hybridized carbons (Fsp3) is 0.538. The molecule has 102 valence electrons. The number of rotatable bonds is 4. The van der Waals surface area contributed by atoms with Gasteiger partial charge >= 0.3 is 0 Å². The highest BCUT2D eigenvalue weighted by atomic mass is 32.2. The SMILES string of the molecule is CNS(=O)(=O)c1ccc(C)c(NCC(C)(C)C)c1. The fourth-order valence-corrected chi connectivity index (χ4v) is 2.19. The molecular formula is C13H22N2O2S. The standard InChI is InChI=1S/C13H22N2O2S/c1-10-6-7-11(18(16,17)14-5)8-12(10)15-9-13(2,3)4/h6-8,14-15H,9H2,1-5H3. The van der Waals surface area contributed by atoms with Crippen molar-refractivity contribution in [3.63, 3.8) is 0 Å². The molecule has 1 aromatic carbocycles. The van der Waals surface area contributed by atoms with Crippen molar-refractivity contribution >= 4 is 15.7 Å². The summed E-state index contributed by atoms with van der Waals surface area (Å²) in [7, 11) is -1.97. The highest BCUT2D eigenvalue weighted by Gasteiger charge is 2.14. The van der Waals surface area contributed by atoms with Gasteiger partial charge in [0.05, 0.1) is 4.90 Å². The first-order valence-electron chi connectivity index (χ1n) is 5.94. The molecule has 0 aliphatic heterocycles. The molecule has 0 saturated carbocycles. The molecule has 0 aromatic heterocycles. The molecule has 0 amide bonds. The molecule has 0 aliphatic rings. The summed E-state index contributed by atoms with van der Waals surface area (Å²) in [6.45, 7) is 9.13. The molecule has 18 heavy (non-hydrogen) atoms. The predicted molar refractivity (Wildman–Crippen MR) is 75.4 cm³/mol. The van der Waals surface area contributed by atoms with E-state index in [1.165, 1.54) is 7.05 Å². The molecule has 1 aromatic rings. The fourth-order valence-electron chi connectivity index (χ4n) is 1.44. The van der Waals surface area contributed by atoms with Gasteiger partial charge in [-0.3, -0.25) is 0 Å². The van der Waals surface area contributed by atoms with Crippen LogP contribution in [0.4, 0.5) is 5.69 Å². The lowest BCUT2D eigenvalue weighted by molar-refractivity contribution is 0.443. The predicted octanol–water partition coefficient (Wildman–Crippen LogP) is 2.36. The van der Waals surface area contributed by atoms with Crippen LogP contribution in [-0.2, 0) is 10.0 Å². The average molecular weight is 270 g/mol. The lowest BCUT2D eigenvalue weighted by atomic mass is 9.97. The smallest absolute Gasteiger partial charge is 0.240 e. The minimum Gasteiger partial charge on any atom is -0.384 e. The maximum Gasteiger partial charge on any atom is 0.240 e. The maximum atomic E-state index is 11.7. The summed E-state index contributed by atoms with van der Waals surface area (Å²) < 4.78 is 25.8. The van der Waals surface area contributed by atoms with Crippen LogP contribution < -0.4 is 10.0 Å². The van der Waals surface area contributed by atoms with Crippen molar-refractivity contribution in [2.45, 2.75) is 32.6 Å². The monoisotopic (exact) mass is 270 g/mol. The van der Waals surface area contributed by atoms with Gasteiger partial charge in [0.25, 0.3) is 0 Å². The number of nitrogens with one attached hydrogen (secondary N) is 2. The second-order valence-corrected chi connectivity index (χ2v) is 7.49. The highest BCUT2D eigenvalue weighted by molar-refractivity contribution is 7.89. The van der Waals surface area contributed by atoms with E-state index in [0.717, 1.165) is 17.8 Å². The van der Waals surface area contributed by atoms with E-state index in [2.05, 4.69) is 30.8 Å². The molecule has 2 N–H and O–H groups in total. The zero-order valence-corrected chi connectivity index (χ0v) is 12.5. The normalized spacial score (nSPS) is 12.5. The van der Waals surface area contributed by atoms with Crippen molar-refractivity contribution < 1.29 is 8.42 Å². The first-order valence-corrected chi connectivity index (χ1v) is 7.42. The van der Waals surface area contributed by atoms with Crippen LogP contribution in [-0.4, -0.2) is 22.0 Å². The van der Waals surface area contributed by atoms with Crippen LogP contribution in [0.25, 0.3) is 0 Å². The van der Waals surface area contributed by atoms with E-state index in [0.29, 0.717) is 0 Å². The van der Waals surface area contributed by atoms with Crippen LogP contribution in [0.1, 0.15) is 26.3 Å². The van der Waals surface area contributed by atoms with Gasteiger partial charge in [-0.1, -0.05) is 26.8 Å². The molecule has 0 spiro atoms. The Labute approximate surface area is 110 Å². The van der Waals surface area contributed by atoms with Gasteiger partial charge < -0.3 is 5.32 Å². The van der Waals surface area contributed by atoms with E-state index in [-0.39, 0.29) is 10.3 Å². The molecule has 0 unspecified atom stereocenters. The molecule has 0 aliphatic carbocycles. The van der Waals surface area contributed by atoms with Gasteiger partial charge in [-0.25, -0.2) is 13.1 Å². The molecule has 0 atom stereocenters. The van der Waals surface area contributed by atoms with E-state index in [1.807, 2.05) is 13.0 Å². The van der Waals surface area contributed by atoms with E-state index in [9.17, 15) is 8.42 Å². The van der Waals surface area contributed by atoms with Crippen molar-refractivity contribution in [3.05, 3.63) is 23.8 Å². The van der Waals surface area contributed by atoms with Crippen LogP contribution in [0.15, 0.2) is 23.1 Å². The summed E-state index contributed by atoms with van der Waals surface area (Å²) in [5.74, 6) is 0. The van der Waals surface area contributed by atoms with E-state index in [4.69, 9.17) is 0 Å². The Bertz CT molecular complexity index is 516. The number of hydrogen-bond donors (Lipinski definition) is 2. The third kappa shape index (κ3) is 3.99. The number of anilines is 1. The van der Waals surface area contributed by atoms with Crippen LogP contribution in [0.5, 0.6) is 0 Å². The Morgan fingerprint density at radius 3 is 2.33 bits per heavy atom. The van der Waals surface area contributed by atoms with Crippen molar-refractivity contribution in [1.82, 2.24) is 4.72 Å². The Balaban J connectivity index is 3.03. The quantitative estimate of drug-likeness (QED) is 0.883. The van der Waals surface area contributed by atoms with Gasteiger partial charge in [-0.05, 0) is 37.1 Å². The molecule has 0 radical (unpaired) electrons. The third-order valence-electron chi connectivity index (χ3n) is 2.60. The molecule has 1 rings (SSSR count). The first kappa shape index (κ1) is 15.0. The first-order chi connectivity index (χ1) is 8.15. The minimum absolute atomic E-state index is 0.143. The summed E-state index contributed by atoms with van der Waals surface area (Å²) in [6.07, 6.45) is 0. The topological polar surface area (TPSA) is 58.2 Å². The Morgan fingerprint density at radius 2 is 1.83 bits per heavy atom. The highest BCUT2D eigenvalue weighted by Crippen LogP contribution is 2.22. The van der Waals surface area contributed by atoms with Crippen molar-refractivity contribution in [1.29, 1.82) is 0 Å². The summed E-state index contributed by atoms with van der Waals surface area (Å²) in [6, 6.07) is 5.10. The van der Waals surface area contributed by atoms with Gasteiger partial charge in [0.1, 0.15) is 0 Å². The zero-order chi connectivity index (χ0) is 14.0. The van der Waals surface area contributed by atoms with Crippen molar-refractivity contribution in [3.8, 4) is 0 Å². The Morgan fingerprint density at radius 1 is 1.22 bits per heavy atom. The van der Waals surface area contributed by atoms with E-state index < -0.39 is 10.0 Å². The molecule has 0 saturated heterocycles. The maximum absolute atomic E-state index is 11.7. The molecule has 0 bridgehead atoms. The summed E-state index contributed by atoms with van der Waals surface area (Å²) >= 11 is 0. The summed E-state index contributed by atoms with van der Waals surface area (Å²) in [4.78, 5) is 0.284. The van der Waals surface area contributed by atoms with Gasteiger partial charge in [-0.15, -0.1) is 0 Å². The lowest BCUT2D eigenvalue weighted by Gasteiger charge is -2.21. The second kappa shape index (κ2) is 5.28. The van der Waals surface area contributed by atoms with Crippen molar-refractivity contribution in [2.24, 2.45) is 5.41 Å². The molecule has 4 nitrogen and oxygen atoms in total. The van der Waals surface area contributed by atoms with Crippen LogP contribution >= 0.6 is 0 Å². The largest absolute Gasteiger partial charge is 0.384 e. The van der Waals surface area contributed by atoms with Gasteiger partial charge in [-0.2, -0.15) is 0 Å². The van der Waals surface area contributed by atoms with Gasteiger partial charge in [0, 0.05) is 12.2 Å². The average Bonchev–Trinajstić information content (AvgIpc) is 2.26. The van der Waals surface area contributed by atoms with Crippen molar-refractivity contribution in [2.75, 3.05) is 18.9 Å². The number of sulfonamides is 1. The third-order valence-corrected chi connectivity index (χ3v) is 4.01. The van der Waals surface area contributed by atoms with Gasteiger partial charge in [0.2, 0.25) is 10.0 Å². The van der Waals surface area contributed by atoms with Crippen LogP contribution in [0.2, 0.25) is 0 Å². The van der Waals surface area contributed by atoms with Gasteiger partial charge in [0.15, 0.2) is 0 Å². The molecule has 0 heterocycles. The summed E-state index contributed by atoms with van der Waals surface area (Å²) in [5, 5.41) is 3.30. The Kier molecular flexibility index (Phi) is 4.40. The zero-order valence-electron chi connectivity index (χ0n) is 11.7. The molecule has 0 fully saturated rings. The molecular weight excluding hydrogens is 248 g/mol. The van der Waals surface area contributed by atoms with E-state index >= 15 is 0 Å². The minimum atomic E-state index is -3.38. The Hall–Kier alpha value is -1.07.